The molecule has 4 fully saturated rings. The molecule has 6 heterocycles. The Labute approximate surface area is 562 Å². The molecule has 2 saturated carbocycles. The van der Waals surface area contributed by atoms with Crippen molar-refractivity contribution in [1.29, 1.82) is 0 Å². The highest BCUT2D eigenvalue weighted by Crippen LogP contribution is 2.27. The number of pyridine rings is 4. The van der Waals surface area contributed by atoms with Crippen LogP contribution in [0.4, 0.5) is 22.7 Å². The van der Waals surface area contributed by atoms with Gasteiger partial charge in [-0.15, -0.1) is 0 Å². The number of rotatable bonds is 22. The summed E-state index contributed by atoms with van der Waals surface area (Å²) in [4.78, 5) is 78.7. The molecule has 2 saturated heterocycles. The van der Waals surface area contributed by atoms with Gasteiger partial charge in [0.15, 0.2) is 0 Å². The van der Waals surface area contributed by atoms with Crippen LogP contribution in [-0.2, 0) is 0 Å². The fraction of sp³-hybridized carbons (Fsp3) is 0.316. The van der Waals surface area contributed by atoms with Crippen LogP contribution in [0.5, 0.6) is 0 Å². The van der Waals surface area contributed by atoms with E-state index in [1.165, 1.54) is 125 Å². The summed E-state index contributed by atoms with van der Waals surface area (Å²) < 4.78 is 0. The van der Waals surface area contributed by atoms with Gasteiger partial charge in [-0.1, -0.05) is 98.5 Å². The zero-order valence-electron chi connectivity index (χ0n) is 54.3. The van der Waals surface area contributed by atoms with E-state index in [2.05, 4.69) is 111 Å². The zero-order valence-corrected chi connectivity index (χ0v) is 54.3. The van der Waals surface area contributed by atoms with Crippen molar-refractivity contribution in [3.05, 3.63) is 260 Å². The van der Waals surface area contributed by atoms with Gasteiger partial charge >= 0.3 is 0 Å². The highest BCUT2D eigenvalue weighted by atomic mass is 16.6. The largest absolute Gasteiger partial charge is 0.372 e. The number of aromatic nitrogens is 4. The molecule has 492 valence electrons. The SMILES string of the molecule is C(=NC1CCCCC1N=Cc1ccc(N2CCCC2)cc1)c1ccc(N2CCCC2)cc1.C(=NC1CCCCC1N=Cc1ccccn1)c1ccccn1.C(=NCCN=Cc1ccccn1)c1ccccn1.O=[N+]([O-])c1ccccc1C=NCCN=Cc1ccccc1[N+](=O)[O-]. The van der Waals surface area contributed by atoms with Crippen molar-refractivity contribution >= 4 is 72.5 Å². The summed E-state index contributed by atoms with van der Waals surface area (Å²) in [6.45, 7) is 6.71. The minimum atomic E-state index is -0.464. The molecule has 96 heavy (non-hydrogen) atoms. The number of nitrogens with zero attached hydrogens (tertiary/aromatic N) is 16. The summed E-state index contributed by atoms with van der Waals surface area (Å²) >= 11 is 0. The average molecular weight is 1290 g/mol. The fourth-order valence-electron chi connectivity index (χ4n) is 11.3. The number of benzene rings is 4. The molecule has 4 atom stereocenters. The smallest absolute Gasteiger partial charge is 0.278 e. The predicted molar refractivity (Wildman–Crippen MR) is 391 cm³/mol. The van der Waals surface area contributed by atoms with Crippen molar-refractivity contribution in [3.63, 3.8) is 0 Å². The van der Waals surface area contributed by atoms with E-state index < -0.39 is 9.85 Å². The Morgan fingerprint density at radius 1 is 0.344 bits per heavy atom. The Kier molecular flexibility index (Phi) is 28.8. The van der Waals surface area contributed by atoms with E-state index in [0.717, 1.165) is 48.5 Å². The van der Waals surface area contributed by atoms with Crippen molar-refractivity contribution in [2.24, 2.45) is 39.9 Å². The topological polar surface area (TPSA) is 243 Å². The summed E-state index contributed by atoms with van der Waals surface area (Å²) in [5.74, 6) is 0. The quantitative estimate of drug-likeness (QED) is 0.0269. The Bertz CT molecular complexity index is 3590. The van der Waals surface area contributed by atoms with E-state index >= 15 is 0 Å². The van der Waals surface area contributed by atoms with Gasteiger partial charge in [-0.3, -0.25) is 80.1 Å². The number of hydrogen-bond acceptors (Lipinski definition) is 18. The van der Waals surface area contributed by atoms with Gasteiger partial charge < -0.3 is 9.80 Å². The Morgan fingerprint density at radius 3 is 0.948 bits per heavy atom. The third-order valence-electron chi connectivity index (χ3n) is 16.4. The van der Waals surface area contributed by atoms with Crippen LogP contribution in [0.25, 0.3) is 0 Å². The van der Waals surface area contributed by atoms with E-state index in [9.17, 15) is 20.2 Å². The van der Waals surface area contributed by atoms with Crippen molar-refractivity contribution in [2.75, 3.05) is 62.2 Å². The van der Waals surface area contributed by atoms with Crippen molar-refractivity contribution in [2.45, 2.75) is 101 Å². The van der Waals surface area contributed by atoms with Crippen LogP contribution in [0.1, 0.15) is 122 Å². The molecule has 0 spiro atoms. The lowest BCUT2D eigenvalue weighted by atomic mass is 9.91. The van der Waals surface area contributed by atoms with E-state index in [4.69, 9.17) is 20.0 Å². The van der Waals surface area contributed by atoms with Gasteiger partial charge in [-0.2, -0.15) is 0 Å². The van der Waals surface area contributed by atoms with Crippen molar-refractivity contribution in [1.82, 2.24) is 19.9 Å². The first-order chi connectivity index (χ1) is 47.3. The molecular weight excluding hydrogens is 1200 g/mol. The number of para-hydroxylation sites is 2. The van der Waals surface area contributed by atoms with Crippen molar-refractivity contribution < 1.29 is 9.85 Å². The molecule has 2 aliphatic carbocycles. The molecule has 2 aliphatic heterocycles. The first-order valence-electron chi connectivity index (χ1n) is 33.2. The number of anilines is 2. The van der Waals surface area contributed by atoms with E-state index in [-0.39, 0.29) is 23.5 Å². The van der Waals surface area contributed by atoms with E-state index in [1.54, 1.807) is 73.6 Å². The van der Waals surface area contributed by atoms with Crippen LogP contribution in [-0.4, -0.2) is 156 Å². The van der Waals surface area contributed by atoms with Gasteiger partial charge in [0, 0.05) is 124 Å². The first-order valence-corrected chi connectivity index (χ1v) is 33.2. The van der Waals surface area contributed by atoms with Crippen molar-refractivity contribution in [3.8, 4) is 0 Å². The number of nitro benzene ring substituents is 2. The van der Waals surface area contributed by atoms with Crippen LogP contribution >= 0.6 is 0 Å². The van der Waals surface area contributed by atoms with Gasteiger partial charge in [0.05, 0.1) is 94.1 Å². The molecule has 0 amide bonds. The van der Waals surface area contributed by atoms with Gasteiger partial charge in [0.25, 0.3) is 11.4 Å². The van der Waals surface area contributed by atoms with E-state index in [1.807, 2.05) is 85.2 Å². The van der Waals surface area contributed by atoms with Gasteiger partial charge in [-0.25, -0.2) is 0 Å². The summed E-state index contributed by atoms with van der Waals surface area (Å²) in [5.41, 5.74) is 9.44. The Hall–Kier alpha value is -10.8. The molecular formula is C76H84N16O4. The van der Waals surface area contributed by atoms with Crippen LogP contribution < -0.4 is 9.80 Å². The lowest BCUT2D eigenvalue weighted by molar-refractivity contribution is -0.385. The van der Waals surface area contributed by atoms with Crippen LogP contribution in [0.3, 0.4) is 0 Å². The second-order valence-electron chi connectivity index (χ2n) is 23.3. The number of nitro groups is 2. The summed E-state index contributed by atoms with van der Waals surface area (Å²) in [5, 5.41) is 21.7. The Morgan fingerprint density at radius 2 is 0.635 bits per heavy atom. The lowest BCUT2D eigenvalue weighted by Crippen LogP contribution is -2.27. The highest BCUT2D eigenvalue weighted by molar-refractivity contribution is 5.86. The molecule has 20 nitrogen and oxygen atoms in total. The maximum Gasteiger partial charge on any atom is 0.278 e. The molecule has 0 N–H and O–H groups in total. The molecule has 0 radical (unpaired) electrons. The molecule has 4 aromatic carbocycles. The summed E-state index contributed by atoms with van der Waals surface area (Å²) in [6.07, 6.45) is 36.0. The maximum atomic E-state index is 10.9. The second-order valence-corrected chi connectivity index (χ2v) is 23.3. The first kappa shape index (κ1) is 69.6. The molecule has 4 aliphatic rings. The number of aliphatic imine (C=N–C) groups is 8. The summed E-state index contributed by atoms with van der Waals surface area (Å²) in [6, 6.07) is 54.7. The fourth-order valence-corrected chi connectivity index (χ4v) is 11.3. The van der Waals surface area contributed by atoms with Crippen LogP contribution in [0.2, 0.25) is 0 Å². The van der Waals surface area contributed by atoms with Crippen LogP contribution in [0, 0.1) is 20.2 Å². The molecule has 12 rings (SSSR count). The molecule has 0 bridgehead atoms. The third kappa shape index (κ3) is 24.0. The summed E-state index contributed by atoms with van der Waals surface area (Å²) in [7, 11) is 0. The Balaban J connectivity index is 0.000000154. The molecule has 8 aromatic rings. The monoisotopic (exact) mass is 1280 g/mol. The maximum absolute atomic E-state index is 10.9. The standard InChI is InChI=1S/C28H36N4.C18H20N4.C16H14N4O4.C14H14N4/c1-2-8-28(30-22-24-11-15-26(16-12-24)32-19-5-6-20-32)27(7-1)29-21-23-9-13-25(14-10-23)31-17-3-4-18-31;1-2-10-18(22-14-16-8-4-6-12-20-16)17(9-1)21-13-15-7-3-5-11-19-15;21-19(22)15-7-3-1-5-13(15)11-17-9-10-18-12-14-6-2-4-8-16(14)20(23)24;1-3-7-17-13(5-1)11-15-9-10-16-12-14-6-2-4-8-18-14/h9-16,21-22,27-28H,1-8,17-20H2;3-8,11-14,17-18H,1-2,9-10H2;1-8,11-12H,9-10H2;1-8,11-12H,9-10H2. The molecule has 4 unspecified atom stereocenters. The third-order valence-corrected chi connectivity index (χ3v) is 16.4. The van der Waals surface area contributed by atoms with Gasteiger partial charge in [-0.05, 0) is 147 Å². The molecule has 20 heteroatoms. The van der Waals surface area contributed by atoms with Gasteiger partial charge in [0.2, 0.25) is 0 Å². The number of hydrogen-bond donors (Lipinski definition) is 0. The van der Waals surface area contributed by atoms with Gasteiger partial charge in [0.1, 0.15) is 0 Å². The zero-order chi connectivity index (χ0) is 66.5. The molecule has 4 aromatic heterocycles. The van der Waals surface area contributed by atoms with E-state index in [0.29, 0.717) is 49.4 Å². The minimum Gasteiger partial charge on any atom is -0.372 e. The minimum absolute atomic E-state index is 0.00957. The lowest BCUT2D eigenvalue weighted by Gasteiger charge is -2.25. The highest BCUT2D eigenvalue weighted by Gasteiger charge is 2.25. The van der Waals surface area contributed by atoms with Crippen LogP contribution in [0.15, 0.2) is 235 Å². The average Bonchev–Trinajstić information content (AvgIpc) is 1.78. The predicted octanol–water partition coefficient (Wildman–Crippen LogP) is 14.1. The normalized spacial score (nSPS) is 18.1. The second kappa shape index (κ2) is 39.7.